The van der Waals surface area contributed by atoms with E-state index >= 15 is 0 Å². The number of halogens is 4. The zero-order chi connectivity index (χ0) is 18.0. The topological polar surface area (TPSA) is 91.6 Å². The normalized spacial score (nSPS) is 11.4. The number of nitrogens with one attached hydrogen (secondary N) is 3. The molecule has 0 atom stereocenters. The number of aliphatic imine (C=N–C) groups is 1. The van der Waals surface area contributed by atoms with Crippen LogP contribution in [0.2, 0.25) is 0 Å². The van der Waals surface area contributed by atoms with Crippen molar-refractivity contribution in [3.05, 3.63) is 34.4 Å². The SMILES string of the molecule is CCNC(=NCCC(F)(F)F)NCCNc1ccccc1[N+](=O)[O-].I. The van der Waals surface area contributed by atoms with E-state index in [1.165, 1.54) is 6.07 Å². The first-order chi connectivity index (χ1) is 11.3. The molecule has 0 bridgehead atoms. The fourth-order valence-electron chi connectivity index (χ4n) is 1.80. The Morgan fingerprint density at radius 2 is 1.92 bits per heavy atom. The Balaban J connectivity index is 0.00000576. The number of nitrogens with zero attached hydrogens (tertiary/aromatic N) is 2. The molecule has 1 aromatic rings. The molecule has 0 radical (unpaired) electrons. The van der Waals surface area contributed by atoms with Gasteiger partial charge in [-0.2, -0.15) is 13.2 Å². The van der Waals surface area contributed by atoms with Crippen molar-refractivity contribution in [2.45, 2.75) is 19.5 Å². The van der Waals surface area contributed by atoms with Crippen LogP contribution in [-0.4, -0.2) is 43.2 Å². The van der Waals surface area contributed by atoms with Crippen LogP contribution in [0.25, 0.3) is 0 Å². The lowest BCUT2D eigenvalue weighted by atomic mass is 10.2. The monoisotopic (exact) mass is 475 g/mol. The molecule has 1 rings (SSSR count). The summed E-state index contributed by atoms with van der Waals surface area (Å²) >= 11 is 0. The van der Waals surface area contributed by atoms with Crippen molar-refractivity contribution in [1.29, 1.82) is 0 Å². The summed E-state index contributed by atoms with van der Waals surface area (Å²) in [6.07, 6.45) is -5.23. The van der Waals surface area contributed by atoms with Crippen LogP contribution in [0.4, 0.5) is 24.5 Å². The van der Waals surface area contributed by atoms with E-state index < -0.39 is 17.5 Å². The van der Waals surface area contributed by atoms with Gasteiger partial charge in [0.15, 0.2) is 5.96 Å². The number of nitro groups is 1. The van der Waals surface area contributed by atoms with Gasteiger partial charge in [0.25, 0.3) is 5.69 Å². The van der Waals surface area contributed by atoms with Crippen LogP contribution in [0.3, 0.4) is 0 Å². The quantitative estimate of drug-likeness (QED) is 0.134. The third-order valence-electron chi connectivity index (χ3n) is 2.84. The van der Waals surface area contributed by atoms with Gasteiger partial charge in [-0.3, -0.25) is 15.1 Å². The smallest absolute Gasteiger partial charge is 0.378 e. The summed E-state index contributed by atoms with van der Waals surface area (Å²) in [6.45, 7) is 2.62. The second-order valence-electron chi connectivity index (χ2n) is 4.75. The number of hydrogen-bond acceptors (Lipinski definition) is 4. The summed E-state index contributed by atoms with van der Waals surface area (Å²) in [5.74, 6) is 0.270. The molecule has 25 heavy (non-hydrogen) atoms. The largest absolute Gasteiger partial charge is 0.390 e. The highest BCUT2D eigenvalue weighted by Gasteiger charge is 2.26. The summed E-state index contributed by atoms with van der Waals surface area (Å²) in [6, 6.07) is 6.21. The minimum absolute atomic E-state index is 0. The van der Waals surface area contributed by atoms with Gasteiger partial charge in [-0.25, -0.2) is 0 Å². The number of anilines is 1. The first kappa shape index (κ1) is 23.2. The Morgan fingerprint density at radius 1 is 1.24 bits per heavy atom. The van der Waals surface area contributed by atoms with Gasteiger partial charge in [0.2, 0.25) is 0 Å². The predicted molar refractivity (Wildman–Crippen MR) is 102 cm³/mol. The lowest BCUT2D eigenvalue weighted by Gasteiger charge is -2.12. The molecule has 0 aliphatic carbocycles. The number of rotatable bonds is 8. The molecule has 0 heterocycles. The van der Waals surface area contributed by atoms with Gasteiger partial charge in [-0.1, -0.05) is 12.1 Å². The highest BCUT2D eigenvalue weighted by Crippen LogP contribution is 2.22. The van der Waals surface area contributed by atoms with Crippen LogP contribution in [0.5, 0.6) is 0 Å². The van der Waals surface area contributed by atoms with Crippen molar-refractivity contribution in [2.75, 3.05) is 31.5 Å². The van der Waals surface area contributed by atoms with Gasteiger partial charge >= 0.3 is 6.18 Å². The third-order valence-corrected chi connectivity index (χ3v) is 2.84. The molecule has 11 heteroatoms. The molecule has 0 aromatic heterocycles. The van der Waals surface area contributed by atoms with Crippen molar-refractivity contribution in [1.82, 2.24) is 10.6 Å². The minimum atomic E-state index is -4.24. The van der Waals surface area contributed by atoms with Crippen molar-refractivity contribution in [3.63, 3.8) is 0 Å². The van der Waals surface area contributed by atoms with Gasteiger partial charge < -0.3 is 16.0 Å². The molecular weight excluding hydrogens is 454 g/mol. The molecule has 3 N–H and O–H groups in total. The second-order valence-corrected chi connectivity index (χ2v) is 4.75. The Morgan fingerprint density at radius 3 is 2.52 bits per heavy atom. The lowest BCUT2D eigenvalue weighted by molar-refractivity contribution is -0.384. The van der Waals surface area contributed by atoms with Crippen LogP contribution < -0.4 is 16.0 Å². The first-order valence-electron chi connectivity index (χ1n) is 7.39. The van der Waals surface area contributed by atoms with E-state index in [2.05, 4.69) is 20.9 Å². The van der Waals surface area contributed by atoms with Crippen LogP contribution >= 0.6 is 24.0 Å². The molecular formula is C14H21F3IN5O2. The number of nitro benzene ring substituents is 1. The van der Waals surface area contributed by atoms with Crippen molar-refractivity contribution >= 4 is 41.3 Å². The van der Waals surface area contributed by atoms with Crippen molar-refractivity contribution in [3.8, 4) is 0 Å². The highest BCUT2D eigenvalue weighted by molar-refractivity contribution is 14.0. The fourth-order valence-corrected chi connectivity index (χ4v) is 1.80. The maximum atomic E-state index is 12.1. The number of para-hydroxylation sites is 2. The standard InChI is InChI=1S/C14H20F3N5O2.HI/c1-2-18-13(20-8-7-14(15,16)17)21-10-9-19-11-5-3-4-6-12(11)22(23)24;/h3-6,19H,2,7-10H2,1H3,(H2,18,20,21);1H. The van der Waals surface area contributed by atoms with E-state index in [-0.39, 0.29) is 42.2 Å². The van der Waals surface area contributed by atoms with E-state index in [0.29, 0.717) is 25.3 Å². The average Bonchev–Trinajstić information content (AvgIpc) is 2.50. The molecule has 0 aliphatic rings. The highest BCUT2D eigenvalue weighted by atomic mass is 127. The summed E-state index contributed by atoms with van der Waals surface area (Å²) in [7, 11) is 0. The second kappa shape index (κ2) is 11.7. The van der Waals surface area contributed by atoms with Gasteiger partial charge in [-0.05, 0) is 13.0 Å². The van der Waals surface area contributed by atoms with Crippen molar-refractivity contribution in [2.24, 2.45) is 4.99 Å². The van der Waals surface area contributed by atoms with E-state index in [1.807, 2.05) is 0 Å². The summed E-state index contributed by atoms with van der Waals surface area (Å²) < 4.78 is 36.3. The minimum Gasteiger partial charge on any atom is -0.378 e. The van der Waals surface area contributed by atoms with E-state index in [9.17, 15) is 23.3 Å². The zero-order valence-corrected chi connectivity index (χ0v) is 15.9. The molecule has 0 fully saturated rings. The Hall–Kier alpha value is -1.79. The molecule has 1 aromatic carbocycles. The van der Waals surface area contributed by atoms with Crippen LogP contribution in [0, 0.1) is 10.1 Å². The third kappa shape index (κ3) is 9.94. The van der Waals surface area contributed by atoms with E-state index in [1.54, 1.807) is 25.1 Å². The summed E-state index contributed by atoms with van der Waals surface area (Å²) in [5, 5.41) is 19.5. The first-order valence-corrected chi connectivity index (χ1v) is 7.39. The zero-order valence-electron chi connectivity index (χ0n) is 13.6. The van der Waals surface area contributed by atoms with Crippen LogP contribution in [0.15, 0.2) is 29.3 Å². The molecule has 142 valence electrons. The Bertz CT molecular complexity index is 570. The molecule has 7 nitrogen and oxygen atoms in total. The number of benzene rings is 1. The molecule has 0 amide bonds. The fraction of sp³-hybridized carbons (Fsp3) is 0.500. The summed E-state index contributed by atoms with van der Waals surface area (Å²) in [5.41, 5.74) is 0.339. The summed E-state index contributed by atoms with van der Waals surface area (Å²) in [4.78, 5) is 14.2. The number of hydrogen-bond donors (Lipinski definition) is 3. The maximum Gasteiger partial charge on any atom is 0.390 e. The molecule has 0 saturated heterocycles. The van der Waals surface area contributed by atoms with Gasteiger partial charge in [0.1, 0.15) is 5.69 Å². The molecule has 0 unspecified atom stereocenters. The molecule has 0 spiro atoms. The number of guanidine groups is 1. The van der Waals surface area contributed by atoms with Gasteiger partial charge in [0, 0.05) is 25.7 Å². The maximum absolute atomic E-state index is 12.1. The van der Waals surface area contributed by atoms with Crippen LogP contribution in [0.1, 0.15) is 13.3 Å². The van der Waals surface area contributed by atoms with Gasteiger partial charge in [-0.15, -0.1) is 24.0 Å². The Kier molecular flexibility index (Phi) is 10.9. The van der Waals surface area contributed by atoms with Gasteiger partial charge in [0.05, 0.1) is 17.9 Å². The predicted octanol–water partition coefficient (Wildman–Crippen LogP) is 3.13. The van der Waals surface area contributed by atoms with E-state index in [0.717, 1.165) is 0 Å². The number of alkyl halides is 3. The molecule has 0 aliphatic heterocycles. The average molecular weight is 475 g/mol. The Labute approximate surface area is 160 Å². The van der Waals surface area contributed by atoms with Crippen molar-refractivity contribution < 1.29 is 18.1 Å². The van der Waals surface area contributed by atoms with Crippen LogP contribution in [-0.2, 0) is 0 Å². The lowest BCUT2D eigenvalue weighted by Crippen LogP contribution is -2.39. The molecule has 0 saturated carbocycles. The van der Waals surface area contributed by atoms with E-state index in [4.69, 9.17) is 0 Å².